The Hall–Kier alpha value is -2.02. The van der Waals surface area contributed by atoms with Crippen molar-refractivity contribution < 1.29 is 18.0 Å². The van der Waals surface area contributed by atoms with Crippen LogP contribution in [0.4, 0.5) is 24.5 Å². The molecule has 0 saturated heterocycles. The number of amides is 1. The van der Waals surface area contributed by atoms with Crippen molar-refractivity contribution in [2.75, 3.05) is 11.1 Å². The number of carbonyl (C=O) groups is 1. The van der Waals surface area contributed by atoms with Crippen molar-refractivity contribution in [2.45, 2.75) is 0 Å². The predicted molar refractivity (Wildman–Crippen MR) is 72.8 cm³/mol. The van der Waals surface area contributed by atoms with E-state index in [1.54, 1.807) is 6.07 Å². The third kappa shape index (κ3) is 2.77. The Morgan fingerprint density at radius 1 is 1.10 bits per heavy atom. The van der Waals surface area contributed by atoms with Crippen LogP contribution in [0.2, 0.25) is 0 Å². The summed E-state index contributed by atoms with van der Waals surface area (Å²) in [5.74, 6) is -5.52. The molecule has 0 radical (unpaired) electrons. The lowest BCUT2D eigenvalue weighted by Gasteiger charge is -2.09. The van der Waals surface area contributed by atoms with Crippen LogP contribution in [0.3, 0.4) is 0 Å². The number of benzene rings is 2. The molecule has 0 aromatic heterocycles. The SMILES string of the molecule is Nc1cc(Br)ccc1NC(=O)c1ccc(F)c(F)c1F. The van der Waals surface area contributed by atoms with E-state index in [4.69, 9.17) is 5.73 Å². The number of carbonyl (C=O) groups excluding carboxylic acids is 1. The third-order valence-electron chi connectivity index (χ3n) is 2.54. The van der Waals surface area contributed by atoms with E-state index in [9.17, 15) is 18.0 Å². The van der Waals surface area contributed by atoms with Gasteiger partial charge in [-0.25, -0.2) is 13.2 Å². The van der Waals surface area contributed by atoms with Crippen LogP contribution in [0, 0.1) is 17.5 Å². The third-order valence-corrected chi connectivity index (χ3v) is 3.03. The summed E-state index contributed by atoms with van der Waals surface area (Å²) in [6, 6.07) is 6.19. The second kappa shape index (κ2) is 5.54. The minimum Gasteiger partial charge on any atom is -0.397 e. The summed E-state index contributed by atoms with van der Waals surface area (Å²) >= 11 is 3.19. The van der Waals surface area contributed by atoms with Crippen molar-refractivity contribution in [1.82, 2.24) is 0 Å². The second-order valence-electron chi connectivity index (χ2n) is 3.91. The number of halogens is 4. The van der Waals surface area contributed by atoms with Gasteiger partial charge >= 0.3 is 0 Å². The minimum absolute atomic E-state index is 0.238. The summed E-state index contributed by atoms with van der Waals surface area (Å²) in [6.45, 7) is 0. The highest BCUT2D eigenvalue weighted by atomic mass is 79.9. The average Bonchev–Trinajstić information content (AvgIpc) is 2.39. The molecule has 0 aliphatic carbocycles. The van der Waals surface area contributed by atoms with Crippen molar-refractivity contribution in [1.29, 1.82) is 0 Å². The van der Waals surface area contributed by atoms with Gasteiger partial charge in [0.2, 0.25) is 0 Å². The lowest BCUT2D eigenvalue weighted by molar-refractivity contribution is 0.102. The molecule has 0 unspecified atom stereocenters. The molecule has 7 heteroatoms. The maximum absolute atomic E-state index is 13.5. The van der Waals surface area contributed by atoms with E-state index in [1.165, 1.54) is 12.1 Å². The van der Waals surface area contributed by atoms with Crippen LogP contribution in [0.1, 0.15) is 10.4 Å². The minimum atomic E-state index is -1.69. The molecule has 104 valence electrons. The molecule has 20 heavy (non-hydrogen) atoms. The van der Waals surface area contributed by atoms with Crippen molar-refractivity contribution in [3.63, 3.8) is 0 Å². The summed E-state index contributed by atoms with van der Waals surface area (Å²) in [5, 5.41) is 2.33. The number of nitrogens with one attached hydrogen (secondary N) is 1. The van der Waals surface area contributed by atoms with Gasteiger partial charge in [-0.1, -0.05) is 15.9 Å². The largest absolute Gasteiger partial charge is 0.397 e. The molecule has 2 rings (SSSR count). The highest BCUT2D eigenvalue weighted by molar-refractivity contribution is 9.10. The molecule has 2 aromatic carbocycles. The van der Waals surface area contributed by atoms with Gasteiger partial charge in [-0.05, 0) is 30.3 Å². The van der Waals surface area contributed by atoms with Crippen molar-refractivity contribution in [3.8, 4) is 0 Å². The summed E-state index contributed by atoms with van der Waals surface area (Å²) < 4.78 is 40.0. The number of nitrogens with two attached hydrogens (primary N) is 1. The van der Waals surface area contributed by atoms with E-state index in [0.717, 1.165) is 6.07 Å². The summed E-state index contributed by atoms with van der Waals surface area (Å²) in [4.78, 5) is 11.8. The first kappa shape index (κ1) is 14.4. The van der Waals surface area contributed by atoms with E-state index >= 15 is 0 Å². The smallest absolute Gasteiger partial charge is 0.258 e. The Bertz CT molecular complexity index is 692. The molecule has 0 aliphatic heterocycles. The van der Waals surface area contributed by atoms with Gasteiger partial charge in [0.15, 0.2) is 17.5 Å². The van der Waals surface area contributed by atoms with Crippen LogP contribution in [0.5, 0.6) is 0 Å². The Morgan fingerprint density at radius 2 is 1.80 bits per heavy atom. The van der Waals surface area contributed by atoms with Crippen LogP contribution in [-0.2, 0) is 0 Å². The molecule has 3 N–H and O–H groups in total. The lowest BCUT2D eigenvalue weighted by atomic mass is 10.1. The Balaban J connectivity index is 2.31. The molecule has 0 spiro atoms. The zero-order valence-corrected chi connectivity index (χ0v) is 11.5. The summed E-state index contributed by atoms with van der Waals surface area (Å²) in [5.41, 5.74) is 5.55. The maximum atomic E-state index is 13.5. The van der Waals surface area contributed by atoms with Gasteiger partial charge < -0.3 is 11.1 Å². The monoisotopic (exact) mass is 344 g/mol. The number of rotatable bonds is 2. The summed E-state index contributed by atoms with van der Waals surface area (Å²) in [7, 11) is 0. The van der Waals surface area contributed by atoms with Crippen LogP contribution in [0.25, 0.3) is 0 Å². The van der Waals surface area contributed by atoms with Gasteiger partial charge in [0.1, 0.15) is 0 Å². The average molecular weight is 345 g/mol. The molecule has 1 amide bonds. The quantitative estimate of drug-likeness (QED) is 0.644. The van der Waals surface area contributed by atoms with Gasteiger partial charge in [0.05, 0.1) is 16.9 Å². The number of hydrogen-bond acceptors (Lipinski definition) is 2. The fourth-order valence-electron chi connectivity index (χ4n) is 1.54. The maximum Gasteiger partial charge on any atom is 0.258 e. The molecule has 0 aliphatic rings. The molecule has 2 aromatic rings. The highest BCUT2D eigenvalue weighted by Gasteiger charge is 2.19. The molecular formula is C13H8BrF3N2O. The van der Waals surface area contributed by atoms with Gasteiger partial charge in [0.25, 0.3) is 5.91 Å². The van der Waals surface area contributed by atoms with Gasteiger partial charge in [-0.3, -0.25) is 4.79 Å². The Kier molecular flexibility index (Phi) is 3.99. The van der Waals surface area contributed by atoms with Crippen LogP contribution in [-0.4, -0.2) is 5.91 Å². The molecule has 3 nitrogen and oxygen atoms in total. The topological polar surface area (TPSA) is 55.1 Å². The second-order valence-corrected chi connectivity index (χ2v) is 4.82. The van der Waals surface area contributed by atoms with E-state index in [-0.39, 0.29) is 11.4 Å². The van der Waals surface area contributed by atoms with Crippen molar-refractivity contribution in [3.05, 3.63) is 57.8 Å². The van der Waals surface area contributed by atoms with E-state index < -0.39 is 28.9 Å². The van der Waals surface area contributed by atoms with Crippen molar-refractivity contribution >= 4 is 33.2 Å². The van der Waals surface area contributed by atoms with E-state index in [1.807, 2.05) is 0 Å². The number of nitrogen functional groups attached to an aromatic ring is 1. The van der Waals surface area contributed by atoms with Crippen LogP contribution < -0.4 is 11.1 Å². The van der Waals surface area contributed by atoms with E-state index in [0.29, 0.717) is 10.5 Å². The normalized spacial score (nSPS) is 10.4. The first-order valence-corrected chi connectivity index (χ1v) is 6.19. The molecule has 0 atom stereocenters. The standard InChI is InChI=1S/C13H8BrF3N2O/c14-6-1-4-10(9(18)5-6)19-13(20)7-2-3-8(15)12(17)11(7)16/h1-5H,18H2,(H,19,20). The van der Waals surface area contributed by atoms with Crippen molar-refractivity contribution in [2.24, 2.45) is 0 Å². The Labute approximate surface area is 120 Å². The van der Waals surface area contributed by atoms with E-state index in [2.05, 4.69) is 21.2 Å². The van der Waals surface area contributed by atoms with Gasteiger partial charge in [0, 0.05) is 4.47 Å². The molecule has 0 heterocycles. The molecular weight excluding hydrogens is 337 g/mol. The zero-order chi connectivity index (χ0) is 14.9. The summed E-state index contributed by atoms with van der Waals surface area (Å²) in [6.07, 6.45) is 0. The van der Waals surface area contributed by atoms with Crippen LogP contribution >= 0.6 is 15.9 Å². The highest BCUT2D eigenvalue weighted by Crippen LogP contribution is 2.24. The molecule has 0 fully saturated rings. The van der Waals surface area contributed by atoms with Gasteiger partial charge in [-0.2, -0.15) is 0 Å². The fourth-order valence-corrected chi connectivity index (χ4v) is 1.92. The lowest BCUT2D eigenvalue weighted by Crippen LogP contribution is -2.16. The fraction of sp³-hybridized carbons (Fsp3) is 0. The zero-order valence-electron chi connectivity index (χ0n) is 9.88. The molecule has 0 bridgehead atoms. The van der Waals surface area contributed by atoms with Gasteiger partial charge in [-0.15, -0.1) is 0 Å². The first-order valence-electron chi connectivity index (χ1n) is 5.40. The van der Waals surface area contributed by atoms with Crippen LogP contribution in [0.15, 0.2) is 34.8 Å². The first-order chi connectivity index (χ1) is 9.40. The Morgan fingerprint density at radius 3 is 2.45 bits per heavy atom. The predicted octanol–water partition coefficient (Wildman–Crippen LogP) is 3.70. The number of anilines is 2. The molecule has 0 saturated carbocycles. The number of hydrogen-bond donors (Lipinski definition) is 2.